The Morgan fingerprint density at radius 2 is 2.08 bits per heavy atom. The number of aliphatic carboxylic acids is 1. The molecule has 0 bridgehead atoms. The van der Waals surface area contributed by atoms with Crippen molar-refractivity contribution in [1.82, 2.24) is 9.03 Å². The number of carboxylic acid groups (broad SMARTS) is 1. The molecule has 4 atom stereocenters. The molecule has 11 nitrogen and oxygen atoms in total. The zero-order valence-corrected chi connectivity index (χ0v) is 14.6. The van der Waals surface area contributed by atoms with E-state index >= 15 is 0 Å². The van der Waals surface area contributed by atoms with Gasteiger partial charge in [-0.25, -0.2) is 0 Å². The zero-order valence-electron chi connectivity index (χ0n) is 13.7. The van der Waals surface area contributed by atoms with Gasteiger partial charge in [-0.1, -0.05) is 6.42 Å². The normalized spacial score (nSPS) is 33.7. The first-order chi connectivity index (χ1) is 11.6. The van der Waals surface area contributed by atoms with Crippen LogP contribution in [0.15, 0.2) is 0 Å². The summed E-state index contributed by atoms with van der Waals surface area (Å²) < 4.78 is 33.7. The lowest BCUT2D eigenvalue weighted by Crippen LogP contribution is -2.56. The highest BCUT2D eigenvalue weighted by molar-refractivity contribution is 7.87. The van der Waals surface area contributed by atoms with Crippen molar-refractivity contribution >= 4 is 23.3 Å². The summed E-state index contributed by atoms with van der Waals surface area (Å²) in [5, 5.41) is 27.3. The Morgan fingerprint density at radius 3 is 2.60 bits per heavy atom. The van der Waals surface area contributed by atoms with E-state index in [1.165, 1.54) is 0 Å². The zero-order chi connectivity index (χ0) is 18.8. The molecule has 0 radical (unpaired) electrons. The average Bonchev–Trinajstić information content (AvgIpc) is 3.04. The largest absolute Gasteiger partial charge is 0.480 e. The summed E-state index contributed by atoms with van der Waals surface area (Å²) in [6.45, 7) is -0.0384. The van der Waals surface area contributed by atoms with Gasteiger partial charge in [-0.3, -0.25) is 4.79 Å². The van der Waals surface area contributed by atoms with Gasteiger partial charge in [0.2, 0.25) is 0 Å². The first kappa shape index (κ1) is 20.5. The van der Waals surface area contributed by atoms with Gasteiger partial charge in [0.15, 0.2) is 0 Å². The third-order valence-electron chi connectivity index (χ3n) is 4.77. The van der Waals surface area contributed by atoms with E-state index in [4.69, 9.17) is 26.3 Å². The Balaban J connectivity index is 2.07. The SMILES string of the molecule is N[C@@H]1COC[C@H]1NS(=O)(=O)N1C[C@@H](CCCB(O)O)[C@@](N)(C(=O)O)C1. The quantitative estimate of drug-likeness (QED) is 0.232. The van der Waals surface area contributed by atoms with Crippen molar-refractivity contribution in [2.75, 3.05) is 26.3 Å². The fourth-order valence-corrected chi connectivity index (χ4v) is 4.71. The molecule has 2 rings (SSSR count). The highest BCUT2D eigenvalue weighted by Gasteiger charge is 2.52. The third kappa shape index (κ3) is 4.68. The van der Waals surface area contributed by atoms with Crippen LogP contribution < -0.4 is 16.2 Å². The molecule has 0 aromatic rings. The van der Waals surface area contributed by atoms with E-state index in [2.05, 4.69) is 4.72 Å². The lowest BCUT2D eigenvalue weighted by Gasteiger charge is -2.25. The van der Waals surface area contributed by atoms with Crippen molar-refractivity contribution in [3.05, 3.63) is 0 Å². The van der Waals surface area contributed by atoms with Crippen molar-refractivity contribution in [2.24, 2.45) is 17.4 Å². The molecule has 25 heavy (non-hydrogen) atoms. The highest BCUT2D eigenvalue weighted by Crippen LogP contribution is 2.32. The van der Waals surface area contributed by atoms with Crippen LogP contribution in [0.25, 0.3) is 0 Å². The molecule has 0 aromatic heterocycles. The molecule has 0 unspecified atom stereocenters. The van der Waals surface area contributed by atoms with Crippen LogP contribution >= 0.6 is 0 Å². The van der Waals surface area contributed by atoms with E-state index in [-0.39, 0.29) is 39.0 Å². The van der Waals surface area contributed by atoms with Crippen LogP contribution in [0, 0.1) is 5.92 Å². The van der Waals surface area contributed by atoms with E-state index in [9.17, 15) is 18.3 Å². The number of hydrogen-bond donors (Lipinski definition) is 6. The predicted molar refractivity (Wildman–Crippen MR) is 88.5 cm³/mol. The Labute approximate surface area is 146 Å². The predicted octanol–water partition coefficient (Wildman–Crippen LogP) is -3.49. The summed E-state index contributed by atoms with van der Waals surface area (Å²) in [5.41, 5.74) is 10.0. The van der Waals surface area contributed by atoms with E-state index < -0.39 is 46.8 Å². The standard InChI is InChI=1S/C12H25BN4O7S/c14-9-5-24-6-10(9)16-25(22,23)17-4-8(2-1-3-13(20)21)12(15,7-17)11(18)19/h8-10,16,20-21H,1-7,14-15H2,(H,18,19)/t8-,9-,10-,12-/m1/s1. The van der Waals surface area contributed by atoms with Gasteiger partial charge < -0.3 is 31.4 Å². The number of nitrogens with zero attached hydrogens (tertiary/aromatic N) is 1. The second-order valence-electron chi connectivity index (χ2n) is 6.68. The number of carboxylic acids is 1. The first-order valence-electron chi connectivity index (χ1n) is 8.05. The van der Waals surface area contributed by atoms with Gasteiger partial charge in [0.25, 0.3) is 10.2 Å². The summed E-state index contributed by atoms with van der Waals surface area (Å²) in [6.07, 6.45) is 0.640. The fraction of sp³-hybridized carbons (Fsp3) is 0.917. The monoisotopic (exact) mass is 380 g/mol. The topological polar surface area (TPSA) is 188 Å². The number of ether oxygens (including phenoxy) is 1. The molecule has 13 heteroatoms. The first-order valence-corrected chi connectivity index (χ1v) is 9.49. The summed E-state index contributed by atoms with van der Waals surface area (Å²) in [7, 11) is -5.47. The van der Waals surface area contributed by atoms with Crippen molar-refractivity contribution in [3.8, 4) is 0 Å². The molecule has 2 fully saturated rings. The number of hydrogen-bond acceptors (Lipinski definition) is 8. The maximum Gasteiger partial charge on any atom is 0.451 e. The van der Waals surface area contributed by atoms with Crippen LogP contribution in [0.2, 0.25) is 6.32 Å². The van der Waals surface area contributed by atoms with Gasteiger partial charge in [0, 0.05) is 25.0 Å². The van der Waals surface area contributed by atoms with Gasteiger partial charge in [-0.15, -0.1) is 0 Å². The van der Waals surface area contributed by atoms with E-state index in [0.29, 0.717) is 6.42 Å². The molecule has 144 valence electrons. The summed E-state index contributed by atoms with van der Waals surface area (Å²) in [4.78, 5) is 11.6. The fourth-order valence-electron chi connectivity index (χ4n) is 3.17. The highest BCUT2D eigenvalue weighted by atomic mass is 32.2. The van der Waals surface area contributed by atoms with Gasteiger partial charge in [0.1, 0.15) is 5.54 Å². The van der Waals surface area contributed by atoms with Crippen molar-refractivity contribution in [2.45, 2.75) is 36.8 Å². The molecule has 2 aliphatic heterocycles. The summed E-state index contributed by atoms with van der Waals surface area (Å²) >= 11 is 0. The molecule has 0 amide bonds. The van der Waals surface area contributed by atoms with Gasteiger partial charge in [0.05, 0.1) is 19.3 Å². The Bertz CT molecular complexity index is 592. The smallest absolute Gasteiger partial charge is 0.451 e. The maximum absolute atomic E-state index is 12.5. The van der Waals surface area contributed by atoms with E-state index in [1.807, 2.05) is 0 Å². The average molecular weight is 380 g/mol. The van der Waals surface area contributed by atoms with Crippen LogP contribution in [0.5, 0.6) is 0 Å². The minimum atomic E-state index is -3.97. The summed E-state index contributed by atoms with van der Waals surface area (Å²) in [5.74, 6) is -1.94. The van der Waals surface area contributed by atoms with Crippen LogP contribution in [-0.4, -0.2) is 84.9 Å². The van der Waals surface area contributed by atoms with Crippen LogP contribution in [0.1, 0.15) is 12.8 Å². The molecular formula is C12H25BN4O7S. The van der Waals surface area contributed by atoms with E-state index in [0.717, 1.165) is 4.31 Å². The second-order valence-corrected chi connectivity index (χ2v) is 8.38. The maximum atomic E-state index is 12.5. The minimum Gasteiger partial charge on any atom is -0.480 e. The lowest BCUT2D eigenvalue weighted by atomic mass is 9.78. The number of rotatable bonds is 8. The molecule has 2 saturated heterocycles. The summed E-state index contributed by atoms with van der Waals surface area (Å²) in [6, 6.07) is -1.05. The van der Waals surface area contributed by atoms with Crippen LogP contribution in [0.3, 0.4) is 0 Å². The lowest BCUT2D eigenvalue weighted by molar-refractivity contribution is -0.144. The second kappa shape index (κ2) is 7.84. The van der Waals surface area contributed by atoms with Crippen molar-refractivity contribution in [1.29, 1.82) is 0 Å². The van der Waals surface area contributed by atoms with Crippen LogP contribution in [0.4, 0.5) is 0 Å². The molecule has 2 heterocycles. The van der Waals surface area contributed by atoms with E-state index in [1.54, 1.807) is 0 Å². The number of carbonyl (C=O) groups is 1. The van der Waals surface area contributed by atoms with Crippen molar-refractivity contribution < 1.29 is 33.1 Å². The molecule has 2 aliphatic rings. The van der Waals surface area contributed by atoms with Gasteiger partial charge >= 0.3 is 13.1 Å². The number of nitrogens with two attached hydrogens (primary N) is 2. The van der Waals surface area contributed by atoms with Gasteiger partial charge in [-0.05, 0) is 12.7 Å². The molecule has 0 saturated carbocycles. The Kier molecular flexibility index (Phi) is 6.43. The van der Waals surface area contributed by atoms with Crippen molar-refractivity contribution in [3.63, 3.8) is 0 Å². The van der Waals surface area contributed by atoms with Gasteiger partial charge in [-0.2, -0.15) is 17.4 Å². The molecular weight excluding hydrogens is 355 g/mol. The Hall–Kier alpha value is -0.795. The minimum absolute atomic E-state index is 0.0610. The molecule has 0 aliphatic carbocycles. The molecule has 8 N–H and O–H groups in total. The van der Waals surface area contributed by atoms with Crippen LogP contribution in [-0.2, 0) is 19.7 Å². The number of nitrogens with one attached hydrogen (secondary N) is 1. The Morgan fingerprint density at radius 1 is 1.40 bits per heavy atom. The third-order valence-corrected chi connectivity index (χ3v) is 6.33. The molecule has 0 aromatic carbocycles. The molecule has 0 spiro atoms.